The van der Waals surface area contributed by atoms with E-state index in [1.165, 1.54) is 0 Å². The number of hydrogen-bond acceptors (Lipinski definition) is 5. The van der Waals surface area contributed by atoms with Gasteiger partial charge < -0.3 is 24.8 Å². The second-order valence-electron chi connectivity index (χ2n) is 6.65. The van der Waals surface area contributed by atoms with E-state index in [0.29, 0.717) is 18.0 Å². The van der Waals surface area contributed by atoms with Gasteiger partial charge in [0.25, 0.3) is 0 Å². The minimum atomic E-state index is -1.06. The van der Waals surface area contributed by atoms with E-state index in [9.17, 15) is 14.4 Å². The lowest BCUT2D eigenvalue weighted by atomic mass is 10.1. The van der Waals surface area contributed by atoms with Crippen molar-refractivity contribution in [3.63, 3.8) is 0 Å². The van der Waals surface area contributed by atoms with Crippen LogP contribution < -0.4 is 19.7 Å². The number of carboxylic acid groups (broad SMARTS) is 1. The van der Waals surface area contributed by atoms with Crippen LogP contribution in [0.1, 0.15) is 12.0 Å². The summed E-state index contributed by atoms with van der Waals surface area (Å²) in [6.45, 7) is 0.214. The quantitative estimate of drug-likeness (QED) is 0.703. The summed E-state index contributed by atoms with van der Waals surface area (Å²) in [6.07, 6.45) is 0.140. The Balaban J connectivity index is 1.56. The molecule has 1 fully saturated rings. The van der Waals surface area contributed by atoms with E-state index in [0.717, 1.165) is 11.3 Å². The van der Waals surface area contributed by atoms with Crippen LogP contribution in [0.5, 0.6) is 11.5 Å². The minimum Gasteiger partial charge on any atom is -0.497 e. The molecule has 1 heterocycles. The van der Waals surface area contributed by atoms with Gasteiger partial charge in [-0.05, 0) is 42.0 Å². The molecule has 3 rings (SSSR count). The molecule has 1 atom stereocenters. The molecule has 152 valence electrons. The molecule has 0 radical (unpaired) electrons. The number of anilines is 1. The molecule has 0 bridgehead atoms. The van der Waals surface area contributed by atoms with Crippen molar-refractivity contribution in [3.8, 4) is 11.5 Å². The Morgan fingerprint density at radius 3 is 2.62 bits per heavy atom. The Morgan fingerprint density at radius 1 is 1.17 bits per heavy atom. The second kappa shape index (κ2) is 9.09. The highest BCUT2D eigenvalue weighted by Crippen LogP contribution is 2.27. The molecular weight excluding hydrogens is 376 g/mol. The van der Waals surface area contributed by atoms with Gasteiger partial charge in [0.15, 0.2) is 6.61 Å². The number of nitrogens with zero attached hydrogens (tertiary/aromatic N) is 1. The number of hydrogen-bond donors (Lipinski definition) is 2. The molecule has 29 heavy (non-hydrogen) atoms. The number of nitrogens with one attached hydrogen (secondary N) is 1. The average Bonchev–Trinajstić information content (AvgIpc) is 3.12. The van der Waals surface area contributed by atoms with Gasteiger partial charge in [-0.1, -0.05) is 12.1 Å². The molecule has 0 unspecified atom stereocenters. The molecule has 8 heteroatoms. The van der Waals surface area contributed by atoms with E-state index in [-0.39, 0.29) is 24.8 Å². The van der Waals surface area contributed by atoms with E-state index in [1.807, 2.05) is 24.3 Å². The predicted molar refractivity (Wildman–Crippen MR) is 105 cm³/mol. The fourth-order valence-corrected chi connectivity index (χ4v) is 3.12. The summed E-state index contributed by atoms with van der Waals surface area (Å²) in [7, 11) is 1.58. The SMILES string of the molecule is COc1cccc(CNC(=O)[C@H]2CC(=O)N(c3ccc(OCC(=O)O)cc3)C2)c1. The number of benzene rings is 2. The molecule has 2 N–H and O–H groups in total. The Kier molecular flexibility index (Phi) is 6.33. The van der Waals surface area contributed by atoms with Crippen LogP contribution >= 0.6 is 0 Å². The van der Waals surface area contributed by atoms with Crippen molar-refractivity contribution in [2.45, 2.75) is 13.0 Å². The second-order valence-corrected chi connectivity index (χ2v) is 6.65. The van der Waals surface area contributed by atoms with Crippen LogP contribution in [0.15, 0.2) is 48.5 Å². The largest absolute Gasteiger partial charge is 0.497 e. The lowest BCUT2D eigenvalue weighted by Gasteiger charge is -2.17. The molecule has 0 saturated carbocycles. The summed E-state index contributed by atoms with van der Waals surface area (Å²) in [6, 6.07) is 14.0. The minimum absolute atomic E-state index is 0.134. The molecule has 2 amide bonds. The van der Waals surface area contributed by atoms with Crippen LogP contribution in [-0.4, -0.2) is 43.2 Å². The van der Waals surface area contributed by atoms with Gasteiger partial charge in [0, 0.05) is 25.2 Å². The third kappa shape index (κ3) is 5.25. The van der Waals surface area contributed by atoms with Crippen molar-refractivity contribution in [3.05, 3.63) is 54.1 Å². The fraction of sp³-hybridized carbons (Fsp3) is 0.286. The first kappa shape index (κ1) is 20.2. The monoisotopic (exact) mass is 398 g/mol. The van der Waals surface area contributed by atoms with Crippen molar-refractivity contribution in [2.75, 3.05) is 25.2 Å². The maximum absolute atomic E-state index is 12.5. The van der Waals surface area contributed by atoms with Crippen LogP contribution in [0.2, 0.25) is 0 Å². The van der Waals surface area contributed by atoms with E-state index in [4.69, 9.17) is 14.6 Å². The Morgan fingerprint density at radius 2 is 1.93 bits per heavy atom. The molecule has 8 nitrogen and oxygen atoms in total. The molecular formula is C21H22N2O6. The third-order valence-corrected chi connectivity index (χ3v) is 4.61. The number of rotatable bonds is 8. The lowest BCUT2D eigenvalue weighted by molar-refractivity contribution is -0.139. The molecule has 0 aromatic heterocycles. The van der Waals surface area contributed by atoms with Gasteiger partial charge >= 0.3 is 5.97 Å². The smallest absolute Gasteiger partial charge is 0.341 e. The number of ether oxygens (including phenoxy) is 2. The molecule has 0 spiro atoms. The molecule has 1 saturated heterocycles. The molecule has 1 aliphatic heterocycles. The van der Waals surface area contributed by atoms with E-state index >= 15 is 0 Å². The predicted octanol–water partition coefficient (Wildman–Crippen LogP) is 1.83. The van der Waals surface area contributed by atoms with Gasteiger partial charge in [0.2, 0.25) is 11.8 Å². The summed E-state index contributed by atoms with van der Waals surface area (Å²) in [4.78, 5) is 37.0. The first-order valence-electron chi connectivity index (χ1n) is 9.12. The van der Waals surface area contributed by atoms with Gasteiger partial charge in [-0.25, -0.2) is 4.79 Å². The summed E-state index contributed by atoms with van der Waals surface area (Å²) in [5.74, 6) is -0.691. The van der Waals surface area contributed by atoms with E-state index in [1.54, 1.807) is 36.3 Å². The topological polar surface area (TPSA) is 105 Å². The van der Waals surface area contributed by atoms with Crippen LogP contribution in [0.25, 0.3) is 0 Å². The number of carbonyl (C=O) groups is 3. The zero-order chi connectivity index (χ0) is 20.8. The number of carbonyl (C=O) groups excluding carboxylic acids is 2. The first-order chi connectivity index (χ1) is 14.0. The maximum Gasteiger partial charge on any atom is 0.341 e. The summed E-state index contributed by atoms with van der Waals surface area (Å²) in [5, 5.41) is 11.5. The summed E-state index contributed by atoms with van der Waals surface area (Å²) >= 11 is 0. The van der Waals surface area contributed by atoms with Crippen LogP contribution in [-0.2, 0) is 20.9 Å². The number of amides is 2. The van der Waals surface area contributed by atoms with Gasteiger partial charge in [-0.2, -0.15) is 0 Å². The Labute approximate surface area is 168 Å². The highest BCUT2D eigenvalue weighted by Gasteiger charge is 2.35. The number of aliphatic carboxylic acids is 1. The molecule has 1 aliphatic rings. The highest BCUT2D eigenvalue weighted by molar-refractivity contribution is 6.00. The van der Waals surface area contributed by atoms with E-state index < -0.39 is 18.5 Å². The van der Waals surface area contributed by atoms with E-state index in [2.05, 4.69) is 5.32 Å². The van der Waals surface area contributed by atoms with Crippen LogP contribution in [0.3, 0.4) is 0 Å². The Hall–Kier alpha value is -3.55. The van der Waals surface area contributed by atoms with Gasteiger partial charge in [0.05, 0.1) is 13.0 Å². The lowest BCUT2D eigenvalue weighted by Crippen LogP contribution is -2.32. The zero-order valence-electron chi connectivity index (χ0n) is 16.0. The Bertz CT molecular complexity index is 896. The normalized spacial score (nSPS) is 15.8. The summed E-state index contributed by atoms with van der Waals surface area (Å²) in [5.41, 5.74) is 1.55. The fourth-order valence-electron chi connectivity index (χ4n) is 3.12. The third-order valence-electron chi connectivity index (χ3n) is 4.61. The van der Waals surface area contributed by atoms with Gasteiger partial charge in [-0.15, -0.1) is 0 Å². The molecule has 0 aliphatic carbocycles. The molecule has 2 aromatic carbocycles. The van der Waals surface area contributed by atoms with Crippen molar-refractivity contribution in [1.29, 1.82) is 0 Å². The molecule has 2 aromatic rings. The van der Waals surface area contributed by atoms with Gasteiger partial charge in [0.1, 0.15) is 11.5 Å². The summed E-state index contributed by atoms with van der Waals surface area (Å²) < 4.78 is 10.3. The standard InChI is InChI=1S/C21H22N2O6/c1-28-18-4-2-3-14(9-18)11-22-21(27)15-10-19(24)23(12-15)16-5-7-17(8-6-16)29-13-20(25)26/h2-9,15H,10-13H2,1H3,(H,22,27)(H,25,26)/t15-/m0/s1. The van der Waals surface area contributed by atoms with Crippen molar-refractivity contribution < 1.29 is 29.0 Å². The van der Waals surface area contributed by atoms with Gasteiger partial charge in [-0.3, -0.25) is 9.59 Å². The van der Waals surface area contributed by atoms with Crippen molar-refractivity contribution >= 4 is 23.5 Å². The number of carboxylic acids is 1. The first-order valence-corrected chi connectivity index (χ1v) is 9.12. The zero-order valence-corrected chi connectivity index (χ0v) is 16.0. The van der Waals surface area contributed by atoms with Crippen LogP contribution in [0.4, 0.5) is 5.69 Å². The van der Waals surface area contributed by atoms with Crippen molar-refractivity contribution in [1.82, 2.24) is 5.32 Å². The maximum atomic E-state index is 12.5. The number of methoxy groups -OCH3 is 1. The van der Waals surface area contributed by atoms with Crippen molar-refractivity contribution in [2.24, 2.45) is 5.92 Å². The highest BCUT2D eigenvalue weighted by atomic mass is 16.5. The van der Waals surface area contributed by atoms with Crippen LogP contribution in [0, 0.1) is 5.92 Å². The average molecular weight is 398 g/mol.